The van der Waals surface area contributed by atoms with Crippen LogP contribution in [0.5, 0.6) is 0 Å². The molecule has 0 aliphatic carbocycles. The molecule has 0 radical (unpaired) electrons. The largest absolute Gasteiger partial charge is 0.416 e. The average Bonchev–Trinajstić information content (AvgIpc) is 3.12. The highest BCUT2D eigenvalue weighted by Gasteiger charge is 2.37. The lowest BCUT2D eigenvalue weighted by Crippen LogP contribution is -2.39. The minimum atomic E-state index is -5.01. The van der Waals surface area contributed by atoms with Gasteiger partial charge in [0, 0.05) is 18.3 Å². The molecule has 0 amide bonds. The Morgan fingerprint density at radius 3 is 2.00 bits per heavy atom. The van der Waals surface area contributed by atoms with E-state index in [0.29, 0.717) is 18.7 Å². The van der Waals surface area contributed by atoms with E-state index in [-0.39, 0.29) is 23.5 Å². The standard InChI is InChI=1S/C17H15F6N3O2/c18-16(19,20)8-4-9(17(21,22)23)6-11(5-8)26-13-12(14(27)15(13)28)25-7-10-2-1-3-24-10/h4-6,10,24-26H,1-3,7H2. The summed E-state index contributed by atoms with van der Waals surface area (Å²) < 4.78 is 77.6. The summed E-state index contributed by atoms with van der Waals surface area (Å²) in [6.45, 7) is 1.10. The lowest BCUT2D eigenvalue weighted by Gasteiger charge is -2.19. The molecule has 1 fully saturated rings. The Morgan fingerprint density at radius 1 is 0.929 bits per heavy atom. The summed E-state index contributed by atoms with van der Waals surface area (Å²) in [4.78, 5) is 23.5. The van der Waals surface area contributed by atoms with E-state index in [9.17, 15) is 35.9 Å². The van der Waals surface area contributed by atoms with Crippen molar-refractivity contribution in [3.05, 3.63) is 49.8 Å². The van der Waals surface area contributed by atoms with Crippen LogP contribution in [0.4, 0.5) is 43.4 Å². The molecule has 1 heterocycles. The molecule has 28 heavy (non-hydrogen) atoms. The van der Waals surface area contributed by atoms with Crippen molar-refractivity contribution in [3.8, 4) is 0 Å². The highest BCUT2D eigenvalue weighted by Crippen LogP contribution is 2.38. The molecule has 0 spiro atoms. The molecule has 5 nitrogen and oxygen atoms in total. The molecule has 1 aliphatic rings. The molecule has 1 saturated heterocycles. The van der Waals surface area contributed by atoms with Gasteiger partial charge in [0.15, 0.2) is 0 Å². The second-order valence-corrected chi connectivity index (χ2v) is 6.50. The Hall–Kier alpha value is -2.56. The van der Waals surface area contributed by atoms with E-state index in [1.165, 1.54) is 0 Å². The van der Waals surface area contributed by atoms with Crippen LogP contribution in [0.15, 0.2) is 27.8 Å². The number of nitrogens with one attached hydrogen (secondary N) is 3. The monoisotopic (exact) mass is 407 g/mol. The van der Waals surface area contributed by atoms with Gasteiger partial charge >= 0.3 is 12.4 Å². The fourth-order valence-electron chi connectivity index (χ4n) is 3.01. The smallest absolute Gasteiger partial charge is 0.378 e. The van der Waals surface area contributed by atoms with Crippen LogP contribution in [0.3, 0.4) is 0 Å². The van der Waals surface area contributed by atoms with Gasteiger partial charge in [0.1, 0.15) is 11.4 Å². The molecule has 1 unspecified atom stereocenters. The first kappa shape index (κ1) is 20.2. The number of rotatable bonds is 5. The van der Waals surface area contributed by atoms with Gasteiger partial charge in [0.2, 0.25) is 0 Å². The van der Waals surface area contributed by atoms with E-state index in [1.807, 2.05) is 0 Å². The van der Waals surface area contributed by atoms with Crippen LogP contribution in [0, 0.1) is 0 Å². The molecule has 2 aromatic rings. The molecule has 0 aromatic heterocycles. The van der Waals surface area contributed by atoms with Crippen LogP contribution in [-0.4, -0.2) is 19.1 Å². The Bertz CT molecular complexity index is 906. The summed E-state index contributed by atoms with van der Waals surface area (Å²) in [7, 11) is 0. The van der Waals surface area contributed by atoms with Gasteiger partial charge < -0.3 is 16.0 Å². The molecule has 0 saturated carbocycles. The average molecular weight is 407 g/mol. The van der Waals surface area contributed by atoms with Crippen molar-refractivity contribution in [3.63, 3.8) is 0 Å². The van der Waals surface area contributed by atoms with Gasteiger partial charge in [-0.25, -0.2) is 0 Å². The van der Waals surface area contributed by atoms with Gasteiger partial charge in [-0.1, -0.05) is 0 Å². The number of alkyl halides is 6. The molecule has 3 rings (SSSR count). The normalized spacial score (nSPS) is 17.9. The Labute approximate surface area is 154 Å². The zero-order valence-electron chi connectivity index (χ0n) is 14.2. The van der Waals surface area contributed by atoms with E-state index in [0.717, 1.165) is 19.4 Å². The van der Waals surface area contributed by atoms with E-state index in [2.05, 4.69) is 16.0 Å². The molecular formula is C17H15F6N3O2. The quantitative estimate of drug-likeness (QED) is 0.525. The first-order valence-corrected chi connectivity index (χ1v) is 8.34. The van der Waals surface area contributed by atoms with Gasteiger partial charge in [0.25, 0.3) is 10.9 Å². The van der Waals surface area contributed by atoms with E-state index < -0.39 is 40.0 Å². The minimum absolute atomic E-state index is 0.0156. The van der Waals surface area contributed by atoms with Crippen LogP contribution in [0.1, 0.15) is 24.0 Å². The van der Waals surface area contributed by atoms with Crippen molar-refractivity contribution in [2.75, 3.05) is 23.7 Å². The highest BCUT2D eigenvalue weighted by molar-refractivity contribution is 5.79. The summed E-state index contributed by atoms with van der Waals surface area (Å²) in [5.41, 5.74) is -6.01. The summed E-state index contributed by atoms with van der Waals surface area (Å²) >= 11 is 0. The molecule has 3 N–H and O–H groups in total. The maximum atomic E-state index is 12.9. The van der Waals surface area contributed by atoms with Crippen molar-refractivity contribution in [2.45, 2.75) is 31.2 Å². The fraction of sp³-hybridized carbons (Fsp3) is 0.412. The first-order valence-electron chi connectivity index (χ1n) is 8.34. The predicted octanol–water partition coefficient (Wildman–Crippen LogP) is 3.23. The van der Waals surface area contributed by atoms with E-state index >= 15 is 0 Å². The van der Waals surface area contributed by atoms with Crippen LogP contribution >= 0.6 is 0 Å². The maximum absolute atomic E-state index is 12.9. The van der Waals surface area contributed by atoms with Crippen molar-refractivity contribution in [1.29, 1.82) is 0 Å². The summed E-state index contributed by atoms with van der Waals surface area (Å²) in [6.07, 6.45) is -8.25. The number of anilines is 3. The molecule has 11 heteroatoms. The zero-order valence-corrected chi connectivity index (χ0v) is 14.2. The lowest BCUT2D eigenvalue weighted by molar-refractivity contribution is -0.143. The summed E-state index contributed by atoms with van der Waals surface area (Å²) in [6, 6.07) is 0.948. The lowest BCUT2D eigenvalue weighted by atomic mass is 10.1. The van der Waals surface area contributed by atoms with E-state index in [1.54, 1.807) is 0 Å². The van der Waals surface area contributed by atoms with Gasteiger partial charge in [-0.15, -0.1) is 0 Å². The van der Waals surface area contributed by atoms with Crippen molar-refractivity contribution in [2.24, 2.45) is 0 Å². The van der Waals surface area contributed by atoms with Crippen molar-refractivity contribution < 1.29 is 26.3 Å². The number of hydrogen-bond acceptors (Lipinski definition) is 5. The molecular weight excluding hydrogens is 392 g/mol. The van der Waals surface area contributed by atoms with Crippen LogP contribution in [0.2, 0.25) is 0 Å². The summed E-state index contributed by atoms with van der Waals surface area (Å²) in [5, 5.41) is 8.12. The maximum Gasteiger partial charge on any atom is 0.416 e. The predicted molar refractivity (Wildman–Crippen MR) is 90.6 cm³/mol. The third-order valence-electron chi connectivity index (χ3n) is 4.45. The third-order valence-corrected chi connectivity index (χ3v) is 4.45. The van der Waals surface area contributed by atoms with Crippen LogP contribution in [0.25, 0.3) is 0 Å². The highest BCUT2D eigenvalue weighted by atomic mass is 19.4. The second kappa shape index (κ2) is 7.12. The Balaban J connectivity index is 1.88. The molecule has 0 bridgehead atoms. The SMILES string of the molecule is O=c1c(NCC2CCCN2)c(Nc2cc(C(F)(F)F)cc(C(F)(F)F)c2)c1=O. The van der Waals surface area contributed by atoms with Gasteiger partial charge in [0.05, 0.1) is 11.1 Å². The molecule has 1 aliphatic heterocycles. The number of hydrogen-bond donors (Lipinski definition) is 3. The first-order chi connectivity index (χ1) is 13.0. The molecule has 152 valence electrons. The topological polar surface area (TPSA) is 70.2 Å². The van der Waals surface area contributed by atoms with Crippen LogP contribution in [-0.2, 0) is 12.4 Å². The molecule has 2 aromatic carbocycles. The summed E-state index contributed by atoms with van der Waals surface area (Å²) in [5.74, 6) is 0. The zero-order chi connectivity index (χ0) is 20.7. The third kappa shape index (κ3) is 4.13. The fourth-order valence-corrected chi connectivity index (χ4v) is 3.01. The van der Waals surface area contributed by atoms with Crippen LogP contribution < -0.4 is 26.8 Å². The number of halogens is 6. The van der Waals surface area contributed by atoms with Crippen molar-refractivity contribution in [1.82, 2.24) is 5.32 Å². The Kier molecular flexibility index (Phi) is 5.13. The Morgan fingerprint density at radius 2 is 1.50 bits per heavy atom. The van der Waals surface area contributed by atoms with E-state index in [4.69, 9.17) is 0 Å². The van der Waals surface area contributed by atoms with Gasteiger partial charge in [-0.2, -0.15) is 26.3 Å². The molecule has 1 atom stereocenters. The minimum Gasteiger partial charge on any atom is -0.378 e. The van der Waals surface area contributed by atoms with Gasteiger partial charge in [-0.05, 0) is 37.6 Å². The van der Waals surface area contributed by atoms with Gasteiger partial charge in [-0.3, -0.25) is 9.59 Å². The van der Waals surface area contributed by atoms with Crippen molar-refractivity contribution >= 4 is 17.1 Å². The number of benzene rings is 1. The second-order valence-electron chi connectivity index (χ2n) is 6.50.